The summed E-state index contributed by atoms with van der Waals surface area (Å²) >= 11 is 5.64. The maximum atomic E-state index is 13.4. The minimum Gasteiger partial charge on any atom is -0.383 e. The summed E-state index contributed by atoms with van der Waals surface area (Å²) < 4.78 is 13.4. The molecule has 0 spiro atoms. The van der Waals surface area contributed by atoms with Gasteiger partial charge in [-0.3, -0.25) is 0 Å². The number of rotatable bonds is 4. The van der Waals surface area contributed by atoms with Gasteiger partial charge in [-0.1, -0.05) is 17.7 Å². The first kappa shape index (κ1) is 12.8. The standard InChI is InChI=1S/C12H14ClFN2/c1-12(2,8-15)6-7-16-10-5-3-4-9(13)11(10)14/h3-5,16H,6-7H2,1-2H3. The van der Waals surface area contributed by atoms with E-state index in [1.807, 2.05) is 13.8 Å². The average molecular weight is 241 g/mol. The molecule has 86 valence electrons. The van der Waals surface area contributed by atoms with E-state index in [0.717, 1.165) is 0 Å². The number of anilines is 1. The van der Waals surface area contributed by atoms with Gasteiger partial charge in [-0.2, -0.15) is 5.26 Å². The van der Waals surface area contributed by atoms with Gasteiger partial charge in [-0.05, 0) is 32.4 Å². The quantitative estimate of drug-likeness (QED) is 0.868. The fourth-order valence-electron chi connectivity index (χ4n) is 1.21. The molecule has 0 unspecified atom stereocenters. The van der Waals surface area contributed by atoms with Gasteiger partial charge in [0.1, 0.15) is 0 Å². The Morgan fingerprint density at radius 1 is 1.50 bits per heavy atom. The third kappa shape index (κ3) is 3.39. The van der Waals surface area contributed by atoms with Crippen molar-refractivity contribution in [3.8, 4) is 6.07 Å². The summed E-state index contributed by atoms with van der Waals surface area (Å²) in [6.07, 6.45) is 0.648. The van der Waals surface area contributed by atoms with Crippen LogP contribution < -0.4 is 5.32 Å². The van der Waals surface area contributed by atoms with Gasteiger partial charge in [0, 0.05) is 6.54 Å². The highest BCUT2D eigenvalue weighted by molar-refractivity contribution is 6.31. The van der Waals surface area contributed by atoms with Crippen molar-refractivity contribution in [2.24, 2.45) is 5.41 Å². The van der Waals surface area contributed by atoms with Crippen molar-refractivity contribution in [2.75, 3.05) is 11.9 Å². The molecule has 0 aromatic heterocycles. The molecule has 0 amide bonds. The molecular formula is C12H14ClFN2. The first-order chi connectivity index (χ1) is 7.46. The van der Waals surface area contributed by atoms with Gasteiger partial charge in [0.15, 0.2) is 5.82 Å². The Kier molecular flexibility index (Phi) is 4.14. The molecule has 16 heavy (non-hydrogen) atoms. The van der Waals surface area contributed by atoms with Crippen LogP contribution in [0.1, 0.15) is 20.3 Å². The zero-order valence-electron chi connectivity index (χ0n) is 9.35. The molecule has 4 heteroatoms. The number of nitriles is 1. The zero-order valence-corrected chi connectivity index (χ0v) is 10.1. The molecule has 0 fully saturated rings. The largest absolute Gasteiger partial charge is 0.383 e. The first-order valence-corrected chi connectivity index (χ1v) is 5.43. The van der Waals surface area contributed by atoms with Gasteiger partial charge in [0.2, 0.25) is 0 Å². The highest BCUT2D eigenvalue weighted by Gasteiger charge is 2.16. The summed E-state index contributed by atoms with van der Waals surface area (Å²) in [7, 11) is 0. The van der Waals surface area contributed by atoms with E-state index in [0.29, 0.717) is 18.7 Å². The zero-order chi connectivity index (χ0) is 12.2. The second kappa shape index (κ2) is 5.18. The van der Waals surface area contributed by atoms with Crippen molar-refractivity contribution in [3.63, 3.8) is 0 Å². The summed E-state index contributed by atoms with van der Waals surface area (Å²) in [5, 5.41) is 11.9. The topological polar surface area (TPSA) is 35.8 Å². The van der Waals surface area contributed by atoms with E-state index < -0.39 is 11.2 Å². The van der Waals surface area contributed by atoms with E-state index in [1.165, 1.54) is 6.07 Å². The lowest BCUT2D eigenvalue weighted by molar-refractivity contribution is 0.466. The second-order valence-electron chi connectivity index (χ2n) is 4.27. The molecular weight excluding hydrogens is 227 g/mol. The van der Waals surface area contributed by atoms with Crippen LogP contribution in [0.3, 0.4) is 0 Å². The molecule has 0 radical (unpaired) electrons. The molecule has 0 saturated carbocycles. The Morgan fingerprint density at radius 3 is 2.81 bits per heavy atom. The van der Waals surface area contributed by atoms with Gasteiger partial charge in [-0.15, -0.1) is 0 Å². The summed E-state index contributed by atoms with van der Waals surface area (Å²) in [6.45, 7) is 4.24. The lowest BCUT2D eigenvalue weighted by Gasteiger charge is -2.16. The molecule has 1 aromatic rings. The lowest BCUT2D eigenvalue weighted by atomic mass is 9.91. The average Bonchev–Trinajstić information content (AvgIpc) is 2.24. The SMILES string of the molecule is CC(C)(C#N)CCNc1cccc(Cl)c1F. The number of hydrogen-bond acceptors (Lipinski definition) is 2. The van der Waals surface area contributed by atoms with Crippen molar-refractivity contribution in [1.82, 2.24) is 0 Å². The molecule has 0 aliphatic rings. The highest BCUT2D eigenvalue weighted by Crippen LogP contribution is 2.23. The third-order valence-corrected chi connectivity index (χ3v) is 2.61. The number of benzene rings is 1. The molecule has 0 atom stereocenters. The summed E-state index contributed by atoms with van der Waals surface area (Å²) in [5.74, 6) is -0.445. The van der Waals surface area contributed by atoms with Crippen molar-refractivity contribution < 1.29 is 4.39 Å². The van der Waals surface area contributed by atoms with E-state index in [1.54, 1.807) is 12.1 Å². The van der Waals surface area contributed by atoms with Gasteiger partial charge in [0.05, 0.1) is 22.2 Å². The smallest absolute Gasteiger partial charge is 0.164 e. The molecule has 0 bridgehead atoms. The summed E-state index contributed by atoms with van der Waals surface area (Å²) in [6, 6.07) is 7.00. The Bertz CT molecular complexity index is 410. The molecule has 0 saturated heterocycles. The predicted octanol–water partition coefficient (Wildman–Crippen LogP) is 3.83. The molecule has 0 heterocycles. The van der Waals surface area contributed by atoms with Crippen LogP contribution >= 0.6 is 11.6 Å². The van der Waals surface area contributed by atoms with Crippen molar-refractivity contribution in [1.29, 1.82) is 5.26 Å². The van der Waals surface area contributed by atoms with E-state index >= 15 is 0 Å². The Balaban J connectivity index is 2.57. The van der Waals surface area contributed by atoms with E-state index in [-0.39, 0.29) is 5.02 Å². The molecule has 1 aromatic carbocycles. The van der Waals surface area contributed by atoms with Crippen LogP contribution in [0.5, 0.6) is 0 Å². The fourth-order valence-corrected chi connectivity index (χ4v) is 1.38. The van der Waals surface area contributed by atoms with Gasteiger partial charge >= 0.3 is 0 Å². The van der Waals surface area contributed by atoms with E-state index in [4.69, 9.17) is 16.9 Å². The van der Waals surface area contributed by atoms with Crippen LogP contribution in [0.2, 0.25) is 5.02 Å². The fraction of sp³-hybridized carbons (Fsp3) is 0.417. The summed E-state index contributed by atoms with van der Waals surface area (Å²) in [5.41, 5.74) is -0.0246. The van der Waals surface area contributed by atoms with Gasteiger partial charge < -0.3 is 5.32 Å². The van der Waals surface area contributed by atoms with Crippen LogP contribution in [0.15, 0.2) is 18.2 Å². The predicted molar refractivity (Wildman–Crippen MR) is 63.9 cm³/mol. The molecule has 1 N–H and O–H groups in total. The van der Waals surface area contributed by atoms with Gasteiger partial charge in [-0.25, -0.2) is 4.39 Å². The summed E-state index contributed by atoms with van der Waals surface area (Å²) in [4.78, 5) is 0. The maximum Gasteiger partial charge on any atom is 0.164 e. The molecule has 2 nitrogen and oxygen atoms in total. The normalized spacial score (nSPS) is 10.9. The van der Waals surface area contributed by atoms with Crippen molar-refractivity contribution >= 4 is 17.3 Å². The number of nitrogens with zero attached hydrogens (tertiary/aromatic N) is 1. The number of hydrogen-bond donors (Lipinski definition) is 1. The Hall–Kier alpha value is -1.27. The molecule has 1 rings (SSSR count). The van der Waals surface area contributed by atoms with Crippen LogP contribution in [-0.4, -0.2) is 6.54 Å². The Morgan fingerprint density at radius 2 is 2.19 bits per heavy atom. The van der Waals surface area contributed by atoms with Crippen molar-refractivity contribution in [2.45, 2.75) is 20.3 Å². The maximum absolute atomic E-state index is 13.4. The monoisotopic (exact) mass is 240 g/mol. The van der Waals surface area contributed by atoms with Crippen molar-refractivity contribution in [3.05, 3.63) is 29.0 Å². The van der Waals surface area contributed by atoms with E-state index in [9.17, 15) is 4.39 Å². The lowest BCUT2D eigenvalue weighted by Crippen LogP contribution is -2.15. The second-order valence-corrected chi connectivity index (χ2v) is 4.68. The molecule has 0 aliphatic carbocycles. The highest BCUT2D eigenvalue weighted by atomic mass is 35.5. The minimum absolute atomic E-state index is 0.101. The van der Waals surface area contributed by atoms with E-state index in [2.05, 4.69) is 11.4 Å². The number of nitrogens with one attached hydrogen (secondary N) is 1. The third-order valence-electron chi connectivity index (χ3n) is 2.32. The number of halogens is 2. The van der Waals surface area contributed by atoms with Crippen LogP contribution in [0.4, 0.5) is 10.1 Å². The van der Waals surface area contributed by atoms with Crippen LogP contribution in [-0.2, 0) is 0 Å². The van der Waals surface area contributed by atoms with Crippen LogP contribution in [0.25, 0.3) is 0 Å². The van der Waals surface area contributed by atoms with Crippen LogP contribution in [0, 0.1) is 22.6 Å². The molecule has 0 aliphatic heterocycles. The van der Waals surface area contributed by atoms with Gasteiger partial charge in [0.25, 0.3) is 0 Å². The Labute approximate surface area is 100 Å². The first-order valence-electron chi connectivity index (χ1n) is 5.05. The minimum atomic E-state index is -0.445.